The van der Waals surface area contributed by atoms with Gasteiger partial charge in [0.2, 0.25) is 0 Å². The van der Waals surface area contributed by atoms with Crippen molar-refractivity contribution in [1.82, 2.24) is 0 Å². The largest absolute Gasteiger partial charge is 0.300 e. The van der Waals surface area contributed by atoms with Crippen molar-refractivity contribution in [2.45, 2.75) is 71.6 Å². The van der Waals surface area contributed by atoms with E-state index in [4.69, 9.17) is 0 Å². The topological polar surface area (TPSA) is 34.1 Å². The van der Waals surface area contributed by atoms with Crippen LogP contribution in [0.25, 0.3) is 0 Å². The van der Waals surface area contributed by atoms with Gasteiger partial charge in [-0.15, -0.1) is 0 Å². The summed E-state index contributed by atoms with van der Waals surface area (Å²) >= 11 is 0. The molecule has 0 aliphatic heterocycles. The molecule has 0 atom stereocenters. The summed E-state index contributed by atoms with van der Waals surface area (Å²) in [6, 6.07) is 0. The van der Waals surface area contributed by atoms with Gasteiger partial charge < -0.3 is 0 Å². The van der Waals surface area contributed by atoms with E-state index in [9.17, 15) is 9.59 Å². The fourth-order valence-electron chi connectivity index (χ4n) is 1.76. The molecule has 16 heavy (non-hydrogen) atoms. The summed E-state index contributed by atoms with van der Waals surface area (Å²) in [5, 5.41) is 0. The molecule has 1 saturated carbocycles. The van der Waals surface area contributed by atoms with Crippen LogP contribution in [0.15, 0.2) is 0 Å². The van der Waals surface area contributed by atoms with Gasteiger partial charge in [0, 0.05) is 19.5 Å². The molecule has 1 rings (SSSR count). The SMILES string of the molecule is C1CCCCCCC1.CC(=O)CC(C)=O.[Rh]. The molecule has 0 heterocycles. The number of carbonyl (C=O) groups excluding carboxylic acids is 2. The second-order valence-electron chi connectivity index (χ2n) is 4.41. The average molecular weight is 315 g/mol. The smallest absolute Gasteiger partial charge is 0.137 e. The molecule has 1 aliphatic carbocycles. The van der Waals surface area contributed by atoms with Gasteiger partial charge in [-0.25, -0.2) is 0 Å². The summed E-state index contributed by atoms with van der Waals surface area (Å²) < 4.78 is 0. The number of hydrogen-bond donors (Lipinski definition) is 0. The van der Waals surface area contributed by atoms with Crippen LogP contribution in [0, 0.1) is 0 Å². The summed E-state index contributed by atoms with van der Waals surface area (Å²) in [5.41, 5.74) is 0. The quantitative estimate of drug-likeness (QED) is 0.575. The van der Waals surface area contributed by atoms with Crippen LogP contribution in [-0.2, 0) is 29.1 Å². The second-order valence-corrected chi connectivity index (χ2v) is 4.41. The Morgan fingerprint density at radius 2 is 0.875 bits per heavy atom. The molecule has 0 unspecified atom stereocenters. The van der Waals surface area contributed by atoms with Gasteiger partial charge in [0.05, 0.1) is 6.42 Å². The van der Waals surface area contributed by atoms with E-state index >= 15 is 0 Å². The van der Waals surface area contributed by atoms with E-state index in [2.05, 4.69) is 0 Å². The van der Waals surface area contributed by atoms with Gasteiger partial charge in [0.15, 0.2) is 0 Å². The Labute approximate surface area is 112 Å². The molecule has 3 heteroatoms. The molecule has 0 aromatic heterocycles. The zero-order valence-electron chi connectivity index (χ0n) is 10.5. The third-order valence-electron chi connectivity index (χ3n) is 2.50. The van der Waals surface area contributed by atoms with Crippen LogP contribution >= 0.6 is 0 Å². The molecule has 0 spiro atoms. The zero-order valence-corrected chi connectivity index (χ0v) is 12.2. The second kappa shape index (κ2) is 13.0. The summed E-state index contributed by atoms with van der Waals surface area (Å²) in [7, 11) is 0. The van der Waals surface area contributed by atoms with Crippen LogP contribution < -0.4 is 0 Å². The third-order valence-corrected chi connectivity index (χ3v) is 2.50. The van der Waals surface area contributed by atoms with Crippen molar-refractivity contribution in [3.8, 4) is 0 Å². The van der Waals surface area contributed by atoms with Crippen molar-refractivity contribution in [2.24, 2.45) is 0 Å². The fraction of sp³-hybridized carbons (Fsp3) is 0.846. The summed E-state index contributed by atoms with van der Waals surface area (Å²) in [6.07, 6.45) is 12.1. The minimum atomic E-state index is -0.0625. The molecule has 1 aliphatic rings. The molecule has 0 aromatic carbocycles. The number of Topliss-reactive ketones (excluding diaryl/α,β-unsaturated/α-hetero) is 2. The van der Waals surface area contributed by atoms with Crippen molar-refractivity contribution >= 4 is 11.6 Å². The monoisotopic (exact) mass is 315 g/mol. The van der Waals surface area contributed by atoms with Crippen molar-refractivity contribution in [3.05, 3.63) is 0 Å². The average Bonchev–Trinajstić information content (AvgIpc) is 1.99. The van der Waals surface area contributed by atoms with Crippen LogP contribution in [0.4, 0.5) is 0 Å². The van der Waals surface area contributed by atoms with Gasteiger partial charge in [-0.05, 0) is 13.8 Å². The molecule has 0 saturated heterocycles. The van der Waals surface area contributed by atoms with Crippen molar-refractivity contribution in [3.63, 3.8) is 0 Å². The molecule has 0 aromatic rings. The minimum absolute atomic E-state index is 0. The van der Waals surface area contributed by atoms with E-state index in [1.807, 2.05) is 0 Å². The number of hydrogen-bond acceptors (Lipinski definition) is 2. The first-order valence-electron chi connectivity index (χ1n) is 6.12. The Kier molecular flexibility index (Phi) is 14.9. The minimum Gasteiger partial charge on any atom is -0.300 e. The van der Waals surface area contributed by atoms with Gasteiger partial charge in [-0.3, -0.25) is 9.59 Å². The van der Waals surface area contributed by atoms with Crippen LogP contribution in [0.3, 0.4) is 0 Å². The molecule has 97 valence electrons. The summed E-state index contributed by atoms with van der Waals surface area (Å²) in [6.45, 7) is 2.81. The third kappa shape index (κ3) is 16.4. The van der Waals surface area contributed by atoms with Crippen LogP contribution in [0.1, 0.15) is 71.6 Å². The van der Waals surface area contributed by atoms with E-state index in [1.54, 1.807) is 0 Å². The summed E-state index contributed by atoms with van der Waals surface area (Å²) in [4.78, 5) is 20.1. The van der Waals surface area contributed by atoms with Gasteiger partial charge in [0.25, 0.3) is 0 Å². The summed E-state index contributed by atoms with van der Waals surface area (Å²) in [5.74, 6) is -0.125. The van der Waals surface area contributed by atoms with Gasteiger partial charge in [0.1, 0.15) is 11.6 Å². The maximum absolute atomic E-state index is 10.0. The fourth-order valence-corrected chi connectivity index (χ4v) is 1.76. The molecule has 1 fully saturated rings. The molecule has 0 bridgehead atoms. The predicted octanol–water partition coefficient (Wildman–Crippen LogP) is 3.67. The zero-order chi connectivity index (χ0) is 11.5. The number of carbonyl (C=O) groups is 2. The predicted molar refractivity (Wildman–Crippen MR) is 62.9 cm³/mol. The van der Waals surface area contributed by atoms with E-state index in [0.29, 0.717) is 0 Å². The molecule has 1 radical (unpaired) electrons. The van der Waals surface area contributed by atoms with Gasteiger partial charge in [-0.2, -0.15) is 0 Å². The van der Waals surface area contributed by atoms with Crippen molar-refractivity contribution < 1.29 is 29.1 Å². The first-order chi connectivity index (χ1) is 7.13. The standard InChI is InChI=1S/C8H16.C5H8O2.Rh/c1-2-4-6-8-7-5-3-1;1-4(6)3-5(2)7;/h1-8H2;3H2,1-2H3;. The van der Waals surface area contributed by atoms with Crippen LogP contribution in [0.2, 0.25) is 0 Å². The van der Waals surface area contributed by atoms with Crippen LogP contribution in [0.5, 0.6) is 0 Å². The number of ketones is 2. The first kappa shape index (κ1) is 18.3. The van der Waals surface area contributed by atoms with E-state index in [1.165, 1.54) is 65.2 Å². The molecular formula is C13H24O2Rh. The van der Waals surface area contributed by atoms with E-state index < -0.39 is 0 Å². The van der Waals surface area contributed by atoms with E-state index in [0.717, 1.165) is 0 Å². The maximum atomic E-state index is 10.0. The Balaban J connectivity index is 0. The Hall–Kier alpha value is -0.0366. The molecular weight excluding hydrogens is 291 g/mol. The van der Waals surface area contributed by atoms with Crippen molar-refractivity contribution in [2.75, 3.05) is 0 Å². The number of rotatable bonds is 2. The Morgan fingerprint density at radius 3 is 0.938 bits per heavy atom. The normalized spacial score (nSPS) is 15.6. The first-order valence-corrected chi connectivity index (χ1v) is 6.12. The molecule has 0 amide bonds. The van der Waals surface area contributed by atoms with Crippen molar-refractivity contribution in [1.29, 1.82) is 0 Å². The van der Waals surface area contributed by atoms with E-state index in [-0.39, 0.29) is 37.5 Å². The van der Waals surface area contributed by atoms with Gasteiger partial charge >= 0.3 is 0 Å². The maximum Gasteiger partial charge on any atom is 0.137 e. The van der Waals surface area contributed by atoms with Crippen LogP contribution in [-0.4, -0.2) is 11.6 Å². The Morgan fingerprint density at radius 1 is 0.688 bits per heavy atom. The Bertz CT molecular complexity index is 154. The molecule has 2 nitrogen and oxygen atoms in total. The molecule has 0 N–H and O–H groups in total. The van der Waals surface area contributed by atoms with Gasteiger partial charge in [-0.1, -0.05) is 51.4 Å².